The molecule has 0 aliphatic heterocycles. The highest BCUT2D eigenvalue weighted by Gasteiger charge is 2.31. The van der Waals surface area contributed by atoms with E-state index in [1.165, 1.54) is 36.9 Å². The van der Waals surface area contributed by atoms with Crippen molar-refractivity contribution in [3.05, 3.63) is 29.6 Å². The van der Waals surface area contributed by atoms with Crippen LogP contribution in [0, 0.1) is 5.92 Å². The molecule has 0 spiro atoms. The Balaban J connectivity index is 1.73. The van der Waals surface area contributed by atoms with Crippen LogP contribution in [0.5, 0.6) is 0 Å². The summed E-state index contributed by atoms with van der Waals surface area (Å²) in [7, 11) is 0. The Hall–Kier alpha value is -0.890. The van der Waals surface area contributed by atoms with Crippen molar-refractivity contribution in [3.63, 3.8) is 0 Å². The zero-order valence-corrected chi connectivity index (χ0v) is 9.24. The van der Waals surface area contributed by atoms with Crippen molar-refractivity contribution in [1.29, 1.82) is 0 Å². The van der Waals surface area contributed by atoms with E-state index in [0.717, 1.165) is 5.92 Å². The Morgan fingerprint density at radius 3 is 3.07 bits per heavy atom. The minimum Gasteiger partial charge on any atom is -0.306 e. The quantitative estimate of drug-likeness (QED) is 0.814. The molecular weight excluding hydrogens is 184 g/mol. The van der Waals surface area contributed by atoms with E-state index in [1.807, 2.05) is 12.3 Å². The zero-order valence-electron chi connectivity index (χ0n) is 9.24. The molecule has 1 fully saturated rings. The molecule has 1 aromatic rings. The van der Waals surface area contributed by atoms with Crippen LogP contribution in [-0.2, 0) is 6.42 Å². The monoisotopic (exact) mass is 202 g/mol. The molecule has 2 aliphatic carbocycles. The van der Waals surface area contributed by atoms with Crippen LogP contribution in [0.2, 0.25) is 0 Å². The van der Waals surface area contributed by atoms with Crippen LogP contribution in [-0.4, -0.2) is 11.0 Å². The van der Waals surface area contributed by atoms with Crippen molar-refractivity contribution in [2.75, 3.05) is 0 Å². The third kappa shape index (κ3) is 1.78. The number of nitrogens with one attached hydrogen (secondary N) is 1. The largest absolute Gasteiger partial charge is 0.306 e. The molecule has 2 unspecified atom stereocenters. The second-order valence-electron chi connectivity index (χ2n) is 4.93. The number of nitrogens with zero attached hydrogens (tertiary/aromatic N) is 1. The summed E-state index contributed by atoms with van der Waals surface area (Å²) in [5.74, 6) is 0.928. The van der Waals surface area contributed by atoms with Gasteiger partial charge in [-0.05, 0) is 50.2 Å². The molecule has 0 radical (unpaired) electrons. The van der Waals surface area contributed by atoms with Gasteiger partial charge in [-0.3, -0.25) is 4.98 Å². The standard InChI is InChI=1S/C13H18N2/c1-9(10-4-5-10)15-12-7-6-11-3-2-8-14-13(11)12/h2-3,8-10,12,15H,4-7H2,1H3. The predicted octanol–water partition coefficient (Wildman–Crippen LogP) is 2.46. The lowest BCUT2D eigenvalue weighted by Gasteiger charge is -2.19. The van der Waals surface area contributed by atoms with Gasteiger partial charge in [-0.15, -0.1) is 0 Å². The average Bonchev–Trinajstić information content (AvgIpc) is 3.03. The highest BCUT2D eigenvalue weighted by atomic mass is 15.0. The molecule has 2 atom stereocenters. The SMILES string of the molecule is CC(NC1CCc2cccnc21)C1CC1. The number of pyridine rings is 1. The summed E-state index contributed by atoms with van der Waals surface area (Å²) in [5.41, 5.74) is 2.74. The normalized spacial score (nSPS) is 26.3. The van der Waals surface area contributed by atoms with Gasteiger partial charge >= 0.3 is 0 Å². The summed E-state index contributed by atoms with van der Waals surface area (Å²) >= 11 is 0. The Bertz CT molecular complexity index is 357. The minimum absolute atomic E-state index is 0.511. The van der Waals surface area contributed by atoms with Crippen molar-refractivity contribution in [2.45, 2.75) is 44.7 Å². The van der Waals surface area contributed by atoms with Crippen LogP contribution in [0.1, 0.15) is 43.5 Å². The van der Waals surface area contributed by atoms with Crippen molar-refractivity contribution >= 4 is 0 Å². The van der Waals surface area contributed by atoms with E-state index in [9.17, 15) is 0 Å². The summed E-state index contributed by atoms with van der Waals surface area (Å²) in [6, 6.07) is 5.44. The number of fused-ring (bicyclic) bond motifs is 1. The van der Waals surface area contributed by atoms with Gasteiger partial charge in [-0.2, -0.15) is 0 Å². The molecule has 80 valence electrons. The fourth-order valence-corrected chi connectivity index (χ4v) is 2.62. The molecule has 0 amide bonds. The van der Waals surface area contributed by atoms with Crippen molar-refractivity contribution in [2.24, 2.45) is 5.92 Å². The van der Waals surface area contributed by atoms with Crippen molar-refractivity contribution in [1.82, 2.24) is 10.3 Å². The first-order valence-corrected chi connectivity index (χ1v) is 6.04. The lowest BCUT2D eigenvalue weighted by Crippen LogP contribution is -2.31. The van der Waals surface area contributed by atoms with Crippen LogP contribution in [0.15, 0.2) is 18.3 Å². The molecule has 1 N–H and O–H groups in total. The lowest BCUT2D eigenvalue weighted by atomic mass is 10.1. The van der Waals surface area contributed by atoms with Gasteiger partial charge in [0.25, 0.3) is 0 Å². The second-order valence-corrected chi connectivity index (χ2v) is 4.93. The van der Waals surface area contributed by atoms with Gasteiger partial charge in [0.05, 0.1) is 11.7 Å². The van der Waals surface area contributed by atoms with E-state index >= 15 is 0 Å². The van der Waals surface area contributed by atoms with Gasteiger partial charge in [0.15, 0.2) is 0 Å². The first-order valence-electron chi connectivity index (χ1n) is 6.04. The van der Waals surface area contributed by atoms with Crippen molar-refractivity contribution in [3.8, 4) is 0 Å². The third-order valence-corrected chi connectivity index (χ3v) is 3.75. The summed E-state index contributed by atoms with van der Waals surface area (Å²) in [6.07, 6.45) is 7.16. The Morgan fingerprint density at radius 1 is 1.40 bits per heavy atom. The molecule has 3 rings (SSSR count). The topological polar surface area (TPSA) is 24.9 Å². The number of aryl methyl sites for hydroxylation is 1. The summed E-state index contributed by atoms with van der Waals surface area (Å²) in [5, 5.41) is 3.73. The first-order chi connectivity index (χ1) is 7.34. The second kappa shape index (κ2) is 3.60. The van der Waals surface area contributed by atoms with E-state index in [2.05, 4.69) is 23.3 Å². The predicted molar refractivity (Wildman–Crippen MR) is 60.6 cm³/mol. The van der Waals surface area contributed by atoms with Gasteiger partial charge in [-0.25, -0.2) is 0 Å². The molecule has 2 aliphatic rings. The summed E-state index contributed by atoms with van der Waals surface area (Å²) < 4.78 is 0. The van der Waals surface area contributed by atoms with Gasteiger partial charge in [0.1, 0.15) is 0 Å². The summed E-state index contributed by atoms with van der Waals surface area (Å²) in [6.45, 7) is 2.32. The van der Waals surface area contributed by atoms with Crippen LogP contribution in [0.25, 0.3) is 0 Å². The summed E-state index contributed by atoms with van der Waals surface area (Å²) in [4.78, 5) is 4.51. The van der Waals surface area contributed by atoms with Crippen LogP contribution < -0.4 is 5.32 Å². The van der Waals surface area contributed by atoms with Crippen LogP contribution >= 0.6 is 0 Å². The highest BCUT2D eigenvalue weighted by Crippen LogP contribution is 2.35. The first kappa shape index (κ1) is 9.34. The number of hydrogen-bond acceptors (Lipinski definition) is 2. The maximum Gasteiger partial charge on any atom is 0.0605 e. The highest BCUT2D eigenvalue weighted by molar-refractivity contribution is 5.28. The molecule has 0 aromatic carbocycles. The molecule has 2 heteroatoms. The van der Waals surface area contributed by atoms with Crippen molar-refractivity contribution < 1.29 is 0 Å². The van der Waals surface area contributed by atoms with E-state index in [0.29, 0.717) is 12.1 Å². The molecule has 15 heavy (non-hydrogen) atoms. The van der Waals surface area contributed by atoms with E-state index in [1.54, 1.807) is 0 Å². The Kier molecular flexibility index (Phi) is 2.24. The zero-order chi connectivity index (χ0) is 10.3. The molecule has 2 nitrogen and oxygen atoms in total. The van der Waals surface area contributed by atoms with Gasteiger partial charge in [0.2, 0.25) is 0 Å². The molecule has 1 heterocycles. The molecule has 0 saturated heterocycles. The fourth-order valence-electron chi connectivity index (χ4n) is 2.62. The van der Waals surface area contributed by atoms with Gasteiger partial charge in [-0.1, -0.05) is 6.07 Å². The maximum absolute atomic E-state index is 4.51. The molecule has 1 aromatic heterocycles. The number of hydrogen-bond donors (Lipinski definition) is 1. The number of aromatic nitrogens is 1. The maximum atomic E-state index is 4.51. The fraction of sp³-hybridized carbons (Fsp3) is 0.615. The van der Waals surface area contributed by atoms with Gasteiger partial charge < -0.3 is 5.32 Å². The lowest BCUT2D eigenvalue weighted by molar-refractivity contribution is 0.416. The van der Waals surface area contributed by atoms with Crippen LogP contribution in [0.4, 0.5) is 0 Å². The Labute approximate surface area is 91.1 Å². The number of rotatable bonds is 3. The smallest absolute Gasteiger partial charge is 0.0605 e. The molecule has 0 bridgehead atoms. The Morgan fingerprint density at radius 2 is 2.27 bits per heavy atom. The van der Waals surface area contributed by atoms with E-state index in [4.69, 9.17) is 0 Å². The third-order valence-electron chi connectivity index (χ3n) is 3.75. The van der Waals surface area contributed by atoms with Crippen LogP contribution in [0.3, 0.4) is 0 Å². The van der Waals surface area contributed by atoms with E-state index < -0.39 is 0 Å². The van der Waals surface area contributed by atoms with E-state index in [-0.39, 0.29) is 0 Å². The van der Waals surface area contributed by atoms with Gasteiger partial charge in [0, 0.05) is 12.2 Å². The molecular formula is C13H18N2. The average molecular weight is 202 g/mol. The molecule has 1 saturated carbocycles. The minimum atomic E-state index is 0.511.